The van der Waals surface area contributed by atoms with Crippen LogP contribution in [0.1, 0.15) is 18.2 Å². The zero-order chi connectivity index (χ0) is 15.1. The maximum Gasteiger partial charge on any atom is 0.312 e. The summed E-state index contributed by atoms with van der Waals surface area (Å²) < 4.78 is 5.11. The molecule has 1 aromatic heterocycles. The van der Waals surface area contributed by atoms with Crippen LogP contribution in [0, 0.1) is 0 Å². The second-order valence-corrected chi connectivity index (χ2v) is 4.57. The van der Waals surface area contributed by atoms with E-state index < -0.39 is 11.8 Å². The molecule has 0 aliphatic rings. The average Bonchev–Trinajstić information content (AvgIpc) is 3.04. The Morgan fingerprint density at radius 2 is 1.90 bits per heavy atom. The standard InChI is InChI=1S/C16H18N2O3/c1-2-18(12-13-7-4-3-5-8-13)16(20)15(19)17-11-14-9-6-10-21-14/h3-10H,2,11-12H2,1H3,(H,17,19). The summed E-state index contributed by atoms with van der Waals surface area (Å²) in [6.45, 7) is 2.95. The third-order valence-corrected chi connectivity index (χ3v) is 3.08. The molecule has 21 heavy (non-hydrogen) atoms. The summed E-state index contributed by atoms with van der Waals surface area (Å²) in [6, 6.07) is 13.1. The van der Waals surface area contributed by atoms with E-state index in [1.165, 1.54) is 11.2 Å². The van der Waals surface area contributed by atoms with E-state index in [4.69, 9.17) is 4.42 Å². The van der Waals surface area contributed by atoms with Crippen LogP contribution in [0.2, 0.25) is 0 Å². The summed E-state index contributed by atoms with van der Waals surface area (Å²) >= 11 is 0. The van der Waals surface area contributed by atoms with Crippen molar-refractivity contribution >= 4 is 11.8 Å². The lowest BCUT2D eigenvalue weighted by atomic mass is 10.2. The third kappa shape index (κ3) is 4.21. The highest BCUT2D eigenvalue weighted by molar-refractivity contribution is 6.34. The van der Waals surface area contributed by atoms with Crippen molar-refractivity contribution in [3.63, 3.8) is 0 Å². The van der Waals surface area contributed by atoms with Crippen LogP contribution >= 0.6 is 0 Å². The Morgan fingerprint density at radius 1 is 1.14 bits per heavy atom. The fourth-order valence-electron chi connectivity index (χ4n) is 1.93. The lowest BCUT2D eigenvalue weighted by molar-refractivity contribution is -0.146. The molecule has 2 aromatic rings. The number of nitrogens with one attached hydrogen (secondary N) is 1. The van der Waals surface area contributed by atoms with Gasteiger partial charge in [0.15, 0.2) is 0 Å². The highest BCUT2D eigenvalue weighted by atomic mass is 16.3. The number of carbonyl (C=O) groups is 2. The van der Waals surface area contributed by atoms with E-state index in [1.807, 2.05) is 37.3 Å². The number of rotatable bonds is 5. The molecule has 110 valence electrons. The number of hydrogen-bond donors (Lipinski definition) is 1. The molecule has 0 fully saturated rings. The molecule has 0 saturated heterocycles. The fourth-order valence-corrected chi connectivity index (χ4v) is 1.93. The van der Waals surface area contributed by atoms with Crippen molar-refractivity contribution in [2.45, 2.75) is 20.0 Å². The summed E-state index contributed by atoms with van der Waals surface area (Å²) in [5.41, 5.74) is 0.992. The number of hydrogen-bond acceptors (Lipinski definition) is 3. The first-order chi connectivity index (χ1) is 10.2. The average molecular weight is 286 g/mol. The van der Waals surface area contributed by atoms with Crippen LogP contribution in [0.25, 0.3) is 0 Å². The van der Waals surface area contributed by atoms with Crippen molar-refractivity contribution in [2.24, 2.45) is 0 Å². The predicted molar refractivity (Wildman–Crippen MR) is 78.1 cm³/mol. The molecule has 0 saturated carbocycles. The Morgan fingerprint density at radius 3 is 2.52 bits per heavy atom. The van der Waals surface area contributed by atoms with E-state index in [-0.39, 0.29) is 6.54 Å². The van der Waals surface area contributed by atoms with Gasteiger partial charge in [-0.1, -0.05) is 30.3 Å². The molecule has 0 radical (unpaired) electrons. The van der Waals surface area contributed by atoms with Crippen molar-refractivity contribution in [3.8, 4) is 0 Å². The first-order valence-corrected chi connectivity index (χ1v) is 6.84. The van der Waals surface area contributed by atoms with E-state index in [0.717, 1.165) is 5.56 Å². The van der Waals surface area contributed by atoms with E-state index >= 15 is 0 Å². The molecule has 0 unspecified atom stereocenters. The molecular formula is C16H18N2O3. The quantitative estimate of drug-likeness (QED) is 0.854. The summed E-state index contributed by atoms with van der Waals surface area (Å²) in [5.74, 6) is -0.542. The summed E-state index contributed by atoms with van der Waals surface area (Å²) in [4.78, 5) is 25.5. The highest BCUT2D eigenvalue weighted by Gasteiger charge is 2.20. The Hall–Kier alpha value is -2.56. The monoisotopic (exact) mass is 286 g/mol. The first kappa shape index (κ1) is 14.8. The van der Waals surface area contributed by atoms with Crippen LogP contribution in [0.4, 0.5) is 0 Å². The largest absolute Gasteiger partial charge is 0.467 e. The van der Waals surface area contributed by atoms with Crippen LogP contribution in [0.15, 0.2) is 53.1 Å². The second kappa shape index (κ2) is 7.28. The normalized spacial score (nSPS) is 10.1. The van der Waals surface area contributed by atoms with Crippen LogP contribution in [-0.2, 0) is 22.7 Å². The first-order valence-electron chi connectivity index (χ1n) is 6.84. The molecule has 0 atom stereocenters. The molecule has 0 aliphatic heterocycles. The topological polar surface area (TPSA) is 62.6 Å². The molecule has 0 bridgehead atoms. The summed E-state index contributed by atoms with van der Waals surface area (Å²) in [7, 11) is 0. The molecule has 2 rings (SSSR count). The molecule has 1 heterocycles. The molecule has 5 heteroatoms. The third-order valence-electron chi connectivity index (χ3n) is 3.08. The second-order valence-electron chi connectivity index (χ2n) is 4.57. The minimum absolute atomic E-state index is 0.209. The number of benzene rings is 1. The lowest BCUT2D eigenvalue weighted by Gasteiger charge is -2.20. The number of nitrogens with zero attached hydrogens (tertiary/aromatic N) is 1. The van der Waals surface area contributed by atoms with Gasteiger partial charge in [0.2, 0.25) is 0 Å². The minimum atomic E-state index is -0.621. The summed E-state index contributed by atoms with van der Waals surface area (Å²) in [5, 5.41) is 2.56. The number of furan rings is 1. The van der Waals surface area contributed by atoms with Crippen LogP contribution in [-0.4, -0.2) is 23.3 Å². The number of amides is 2. The predicted octanol–water partition coefficient (Wildman–Crippen LogP) is 1.94. The zero-order valence-electron chi connectivity index (χ0n) is 11.9. The lowest BCUT2D eigenvalue weighted by Crippen LogP contribution is -2.42. The van der Waals surface area contributed by atoms with Gasteiger partial charge in [-0.05, 0) is 24.6 Å². The molecular weight excluding hydrogens is 268 g/mol. The van der Waals surface area contributed by atoms with Crippen LogP contribution in [0.5, 0.6) is 0 Å². The van der Waals surface area contributed by atoms with Crippen LogP contribution < -0.4 is 5.32 Å². The zero-order valence-corrected chi connectivity index (χ0v) is 11.9. The van der Waals surface area contributed by atoms with Gasteiger partial charge in [0.25, 0.3) is 0 Å². The fraction of sp³-hybridized carbons (Fsp3) is 0.250. The highest BCUT2D eigenvalue weighted by Crippen LogP contribution is 2.05. The smallest absolute Gasteiger partial charge is 0.312 e. The van der Waals surface area contributed by atoms with Gasteiger partial charge < -0.3 is 14.6 Å². The van der Waals surface area contributed by atoms with E-state index in [1.54, 1.807) is 12.1 Å². The maximum atomic E-state index is 12.1. The van der Waals surface area contributed by atoms with Gasteiger partial charge in [0.1, 0.15) is 5.76 Å². The molecule has 0 spiro atoms. The SMILES string of the molecule is CCN(Cc1ccccc1)C(=O)C(=O)NCc1ccco1. The minimum Gasteiger partial charge on any atom is -0.467 e. The molecule has 0 aliphatic carbocycles. The van der Waals surface area contributed by atoms with Gasteiger partial charge >= 0.3 is 11.8 Å². The van der Waals surface area contributed by atoms with Crippen molar-refractivity contribution in [1.29, 1.82) is 0 Å². The van der Waals surface area contributed by atoms with Gasteiger partial charge in [-0.15, -0.1) is 0 Å². The van der Waals surface area contributed by atoms with Crippen molar-refractivity contribution in [3.05, 3.63) is 60.1 Å². The van der Waals surface area contributed by atoms with Gasteiger partial charge in [0, 0.05) is 13.1 Å². The Kier molecular flexibility index (Phi) is 5.15. The Labute approximate surface area is 123 Å². The Bertz CT molecular complexity index is 579. The van der Waals surface area contributed by atoms with Crippen molar-refractivity contribution in [1.82, 2.24) is 10.2 Å². The molecule has 2 amide bonds. The maximum absolute atomic E-state index is 12.1. The van der Waals surface area contributed by atoms with Gasteiger partial charge in [-0.2, -0.15) is 0 Å². The van der Waals surface area contributed by atoms with Gasteiger partial charge in [0.05, 0.1) is 12.8 Å². The molecule has 1 aromatic carbocycles. The van der Waals surface area contributed by atoms with E-state index in [9.17, 15) is 9.59 Å². The molecule has 5 nitrogen and oxygen atoms in total. The number of carbonyl (C=O) groups excluding carboxylic acids is 2. The molecule has 1 N–H and O–H groups in total. The Balaban J connectivity index is 1.91. The summed E-state index contributed by atoms with van der Waals surface area (Å²) in [6.07, 6.45) is 1.52. The number of likely N-dealkylation sites (N-methyl/N-ethyl adjacent to an activating group) is 1. The van der Waals surface area contributed by atoms with Crippen molar-refractivity contribution in [2.75, 3.05) is 6.54 Å². The van der Waals surface area contributed by atoms with Gasteiger partial charge in [-0.25, -0.2) is 0 Å². The van der Waals surface area contributed by atoms with Crippen LogP contribution in [0.3, 0.4) is 0 Å². The van der Waals surface area contributed by atoms with Crippen molar-refractivity contribution < 1.29 is 14.0 Å². The van der Waals surface area contributed by atoms with E-state index in [0.29, 0.717) is 18.8 Å². The van der Waals surface area contributed by atoms with Gasteiger partial charge in [-0.3, -0.25) is 9.59 Å². The van der Waals surface area contributed by atoms with E-state index in [2.05, 4.69) is 5.32 Å².